The topological polar surface area (TPSA) is 55.1 Å². The van der Waals surface area contributed by atoms with Crippen LogP contribution in [0, 0.1) is 13.8 Å². The Labute approximate surface area is 112 Å². The molecular weight excluding hydrogens is 240 g/mol. The summed E-state index contributed by atoms with van der Waals surface area (Å²) in [4.78, 5) is 11.9. The van der Waals surface area contributed by atoms with Gasteiger partial charge in [0.25, 0.3) is 5.56 Å². The summed E-state index contributed by atoms with van der Waals surface area (Å²) in [5.74, 6) is 0. The molecule has 0 amide bonds. The zero-order valence-electron chi connectivity index (χ0n) is 11.5. The third-order valence-electron chi connectivity index (χ3n) is 3.19. The van der Waals surface area contributed by atoms with Gasteiger partial charge in [-0.2, -0.15) is 5.10 Å². The Morgan fingerprint density at radius 3 is 2.63 bits per heavy atom. The normalized spacial score (nSPS) is 10.7. The summed E-state index contributed by atoms with van der Waals surface area (Å²) >= 11 is 0. The number of nitrogens with zero attached hydrogens (tertiary/aromatic N) is 2. The first-order valence-corrected chi connectivity index (χ1v) is 6.36. The third-order valence-corrected chi connectivity index (χ3v) is 3.19. The Kier molecular flexibility index (Phi) is 3.81. The van der Waals surface area contributed by atoms with Gasteiger partial charge in [0.05, 0.1) is 12.3 Å². The summed E-state index contributed by atoms with van der Waals surface area (Å²) in [5.41, 5.74) is 4.13. The minimum atomic E-state index is -0.265. The van der Waals surface area contributed by atoms with Crippen molar-refractivity contribution in [1.82, 2.24) is 9.78 Å². The molecular formula is C15H18N2O2. The third kappa shape index (κ3) is 2.58. The highest BCUT2D eigenvalue weighted by atomic mass is 16.3. The number of aliphatic hydroxyl groups is 1. The molecule has 0 aliphatic rings. The van der Waals surface area contributed by atoms with Crippen LogP contribution in [0.4, 0.5) is 0 Å². The Bertz CT molecular complexity index is 631. The average Bonchev–Trinajstić information content (AvgIpc) is 2.42. The van der Waals surface area contributed by atoms with E-state index in [1.807, 2.05) is 39.0 Å². The van der Waals surface area contributed by atoms with E-state index in [2.05, 4.69) is 5.10 Å². The van der Waals surface area contributed by atoms with Gasteiger partial charge in [0, 0.05) is 17.7 Å². The van der Waals surface area contributed by atoms with Crippen molar-refractivity contribution in [3.63, 3.8) is 0 Å². The molecule has 1 N–H and O–H groups in total. The molecule has 0 saturated carbocycles. The SMILES string of the molecule is CCn1nc(-c2cc(C)ccc2C)cc(CO)c1=O. The van der Waals surface area contributed by atoms with Crippen molar-refractivity contribution >= 4 is 0 Å². The highest BCUT2D eigenvalue weighted by Gasteiger charge is 2.10. The summed E-state index contributed by atoms with van der Waals surface area (Å²) in [7, 11) is 0. The van der Waals surface area contributed by atoms with Gasteiger partial charge in [-0.25, -0.2) is 4.68 Å². The van der Waals surface area contributed by atoms with Crippen LogP contribution in [0.25, 0.3) is 11.3 Å². The Balaban J connectivity index is 2.68. The number of aliphatic hydroxyl groups excluding tert-OH is 1. The van der Waals surface area contributed by atoms with E-state index in [9.17, 15) is 9.90 Å². The molecule has 0 aliphatic heterocycles. The molecule has 0 aliphatic carbocycles. The van der Waals surface area contributed by atoms with Gasteiger partial charge < -0.3 is 5.11 Å². The average molecular weight is 258 g/mol. The summed E-state index contributed by atoms with van der Waals surface area (Å²) in [5, 5.41) is 13.7. The summed E-state index contributed by atoms with van der Waals surface area (Å²) in [6.07, 6.45) is 0. The molecule has 0 fully saturated rings. The molecule has 1 heterocycles. The predicted molar refractivity (Wildman–Crippen MR) is 75.0 cm³/mol. The van der Waals surface area contributed by atoms with Gasteiger partial charge in [-0.05, 0) is 38.5 Å². The molecule has 19 heavy (non-hydrogen) atoms. The molecule has 2 rings (SSSR count). The summed E-state index contributed by atoms with van der Waals surface area (Å²) in [6, 6.07) is 7.80. The van der Waals surface area contributed by atoms with Crippen molar-refractivity contribution in [2.24, 2.45) is 0 Å². The van der Waals surface area contributed by atoms with Crippen LogP contribution in [0.1, 0.15) is 23.6 Å². The van der Waals surface area contributed by atoms with E-state index in [1.54, 1.807) is 6.07 Å². The minimum absolute atomic E-state index is 0.223. The van der Waals surface area contributed by atoms with Gasteiger partial charge in [0.15, 0.2) is 0 Å². The molecule has 1 aromatic heterocycles. The molecule has 4 nitrogen and oxygen atoms in total. The highest BCUT2D eigenvalue weighted by Crippen LogP contribution is 2.22. The fourth-order valence-electron chi connectivity index (χ4n) is 2.07. The molecule has 4 heteroatoms. The van der Waals surface area contributed by atoms with Crippen LogP contribution in [0.2, 0.25) is 0 Å². The van der Waals surface area contributed by atoms with Gasteiger partial charge in [0.1, 0.15) is 0 Å². The molecule has 0 saturated heterocycles. The van der Waals surface area contributed by atoms with Crippen molar-refractivity contribution in [3.05, 3.63) is 51.3 Å². The van der Waals surface area contributed by atoms with E-state index in [0.29, 0.717) is 12.1 Å². The highest BCUT2D eigenvalue weighted by molar-refractivity contribution is 5.64. The van der Waals surface area contributed by atoms with Gasteiger partial charge in [-0.3, -0.25) is 4.79 Å². The number of aromatic nitrogens is 2. The van der Waals surface area contributed by atoms with Gasteiger partial charge in [-0.15, -0.1) is 0 Å². The molecule has 1 aromatic carbocycles. The van der Waals surface area contributed by atoms with Crippen LogP contribution >= 0.6 is 0 Å². The van der Waals surface area contributed by atoms with Crippen molar-refractivity contribution in [3.8, 4) is 11.3 Å². The van der Waals surface area contributed by atoms with Crippen molar-refractivity contribution in [2.75, 3.05) is 0 Å². The number of hydrogen-bond donors (Lipinski definition) is 1. The smallest absolute Gasteiger partial charge is 0.272 e. The first kappa shape index (κ1) is 13.5. The van der Waals surface area contributed by atoms with Gasteiger partial charge >= 0.3 is 0 Å². The van der Waals surface area contributed by atoms with Crippen LogP contribution in [0.5, 0.6) is 0 Å². The number of hydrogen-bond acceptors (Lipinski definition) is 3. The van der Waals surface area contributed by atoms with Crippen LogP contribution in [-0.4, -0.2) is 14.9 Å². The zero-order valence-corrected chi connectivity index (χ0v) is 11.5. The maximum Gasteiger partial charge on any atom is 0.272 e. The monoisotopic (exact) mass is 258 g/mol. The Morgan fingerprint density at radius 2 is 2.00 bits per heavy atom. The van der Waals surface area contributed by atoms with Gasteiger partial charge in [0.2, 0.25) is 0 Å². The van der Waals surface area contributed by atoms with E-state index < -0.39 is 0 Å². The largest absolute Gasteiger partial charge is 0.391 e. The predicted octanol–water partition coefficient (Wildman–Crippen LogP) is 2.04. The van der Waals surface area contributed by atoms with E-state index in [-0.39, 0.29) is 12.2 Å². The summed E-state index contributed by atoms with van der Waals surface area (Å²) in [6.45, 7) is 6.12. The summed E-state index contributed by atoms with van der Waals surface area (Å²) < 4.78 is 1.39. The van der Waals surface area contributed by atoms with E-state index in [0.717, 1.165) is 22.4 Å². The fourth-order valence-corrected chi connectivity index (χ4v) is 2.07. The lowest BCUT2D eigenvalue weighted by Gasteiger charge is -2.10. The second kappa shape index (κ2) is 5.36. The Morgan fingerprint density at radius 1 is 1.26 bits per heavy atom. The first-order chi connectivity index (χ1) is 9.06. The second-order valence-electron chi connectivity index (χ2n) is 4.65. The van der Waals surface area contributed by atoms with Gasteiger partial charge in [-0.1, -0.05) is 17.7 Å². The van der Waals surface area contributed by atoms with Crippen LogP contribution < -0.4 is 5.56 Å². The minimum Gasteiger partial charge on any atom is -0.391 e. The van der Waals surface area contributed by atoms with Crippen molar-refractivity contribution < 1.29 is 5.11 Å². The molecule has 100 valence electrons. The maximum absolute atomic E-state index is 11.9. The number of aryl methyl sites for hydroxylation is 3. The Hall–Kier alpha value is -1.94. The van der Waals surface area contributed by atoms with E-state index in [1.165, 1.54) is 4.68 Å². The molecule has 2 aromatic rings. The van der Waals surface area contributed by atoms with E-state index >= 15 is 0 Å². The van der Waals surface area contributed by atoms with Crippen LogP contribution in [-0.2, 0) is 13.2 Å². The molecule has 0 spiro atoms. The second-order valence-corrected chi connectivity index (χ2v) is 4.65. The van der Waals surface area contributed by atoms with Crippen LogP contribution in [0.15, 0.2) is 29.1 Å². The molecule has 0 unspecified atom stereocenters. The number of rotatable bonds is 3. The first-order valence-electron chi connectivity index (χ1n) is 6.36. The molecule has 0 radical (unpaired) electrons. The lowest BCUT2D eigenvalue weighted by molar-refractivity contribution is 0.278. The number of benzene rings is 1. The van der Waals surface area contributed by atoms with Crippen LogP contribution in [0.3, 0.4) is 0 Å². The van der Waals surface area contributed by atoms with Crippen molar-refractivity contribution in [2.45, 2.75) is 33.9 Å². The molecule has 0 bridgehead atoms. The lowest BCUT2D eigenvalue weighted by atomic mass is 10.0. The standard InChI is InChI=1S/C15H18N2O2/c1-4-17-15(19)12(9-18)8-14(16-17)13-7-10(2)5-6-11(13)3/h5-8,18H,4,9H2,1-3H3. The quantitative estimate of drug-likeness (QED) is 0.916. The maximum atomic E-state index is 11.9. The molecule has 0 atom stereocenters. The lowest BCUT2D eigenvalue weighted by Crippen LogP contribution is -2.26. The van der Waals surface area contributed by atoms with E-state index in [4.69, 9.17) is 0 Å². The fraction of sp³-hybridized carbons (Fsp3) is 0.333. The zero-order chi connectivity index (χ0) is 14.0. The van der Waals surface area contributed by atoms with Crippen molar-refractivity contribution in [1.29, 1.82) is 0 Å².